The Morgan fingerprint density at radius 1 is 1.38 bits per heavy atom. The summed E-state index contributed by atoms with van der Waals surface area (Å²) in [5.41, 5.74) is 1.67. The normalized spacial score (nSPS) is 14.1. The first-order valence-corrected chi connectivity index (χ1v) is 4.22. The Balaban J connectivity index is 2.53. The van der Waals surface area contributed by atoms with Crippen molar-refractivity contribution in [3.05, 3.63) is 35.9 Å². The lowest BCUT2D eigenvalue weighted by molar-refractivity contribution is -0.111. The van der Waals surface area contributed by atoms with E-state index in [9.17, 15) is 4.79 Å². The number of fused-ring (bicyclic) bond motifs is 1. The van der Waals surface area contributed by atoms with Crippen molar-refractivity contribution in [2.24, 2.45) is 0 Å². The van der Waals surface area contributed by atoms with Crippen LogP contribution in [0.2, 0.25) is 0 Å². The summed E-state index contributed by atoms with van der Waals surface area (Å²) in [4.78, 5) is 11.2. The van der Waals surface area contributed by atoms with Crippen molar-refractivity contribution in [3.8, 4) is 5.75 Å². The second kappa shape index (κ2) is 3.05. The Labute approximate surface area is 76.8 Å². The van der Waals surface area contributed by atoms with Crippen molar-refractivity contribution < 1.29 is 9.53 Å². The summed E-state index contributed by atoms with van der Waals surface area (Å²) in [6, 6.07) is 7.60. The molecule has 13 heavy (non-hydrogen) atoms. The van der Waals surface area contributed by atoms with Gasteiger partial charge in [0.05, 0.1) is 0 Å². The molecule has 0 radical (unpaired) electrons. The van der Waals surface area contributed by atoms with E-state index in [0.717, 1.165) is 16.9 Å². The number of Topliss-reactive ketones (excluding diaryl/α,β-unsaturated/α-hetero) is 1. The number of ether oxygens (including phenoxy) is 1. The number of ketones is 1. The summed E-state index contributed by atoms with van der Waals surface area (Å²) in [5.74, 6) is 0.894. The molecule has 0 saturated carbocycles. The highest BCUT2D eigenvalue weighted by Gasteiger charge is 2.15. The van der Waals surface area contributed by atoms with E-state index >= 15 is 0 Å². The van der Waals surface area contributed by atoms with Gasteiger partial charge in [-0.05, 0) is 19.1 Å². The molecule has 1 aliphatic rings. The largest absolute Gasteiger partial charge is 0.489 e. The molecule has 1 aliphatic heterocycles. The molecule has 1 aromatic rings. The zero-order valence-electron chi connectivity index (χ0n) is 7.41. The Morgan fingerprint density at radius 3 is 2.92 bits per heavy atom. The van der Waals surface area contributed by atoms with Gasteiger partial charge in [0.15, 0.2) is 5.78 Å². The monoisotopic (exact) mass is 174 g/mol. The smallest absolute Gasteiger partial charge is 0.160 e. The van der Waals surface area contributed by atoms with Gasteiger partial charge in [-0.15, -0.1) is 0 Å². The number of benzene rings is 1. The summed E-state index contributed by atoms with van der Waals surface area (Å²) in [6.07, 6.45) is 1.82. The number of hydrogen-bond donors (Lipinski definition) is 0. The predicted octanol–water partition coefficient (Wildman–Crippen LogP) is 2.05. The number of allylic oxidation sites excluding steroid dienone is 1. The van der Waals surface area contributed by atoms with E-state index in [-0.39, 0.29) is 5.78 Å². The van der Waals surface area contributed by atoms with E-state index < -0.39 is 0 Å². The lowest BCUT2D eigenvalue weighted by Crippen LogP contribution is -2.08. The summed E-state index contributed by atoms with van der Waals surface area (Å²) in [6.45, 7) is 2.07. The summed E-state index contributed by atoms with van der Waals surface area (Å²) in [5, 5.41) is 0. The van der Waals surface area contributed by atoms with Gasteiger partial charge in [0.2, 0.25) is 0 Å². The molecule has 1 aromatic carbocycles. The maximum atomic E-state index is 11.2. The van der Waals surface area contributed by atoms with Crippen LogP contribution in [-0.2, 0) is 4.79 Å². The Hall–Kier alpha value is -1.57. The van der Waals surface area contributed by atoms with Crippen LogP contribution in [-0.4, -0.2) is 12.4 Å². The fourth-order valence-electron chi connectivity index (χ4n) is 1.47. The number of carbonyl (C=O) groups is 1. The van der Waals surface area contributed by atoms with Crippen LogP contribution in [0.25, 0.3) is 5.57 Å². The molecule has 0 aliphatic carbocycles. The second-order valence-corrected chi connectivity index (χ2v) is 2.98. The molecule has 0 amide bonds. The van der Waals surface area contributed by atoms with Gasteiger partial charge in [-0.2, -0.15) is 0 Å². The van der Waals surface area contributed by atoms with Crippen LogP contribution < -0.4 is 4.74 Å². The van der Waals surface area contributed by atoms with Gasteiger partial charge in [-0.3, -0.25) is 4.79 Å². The van der Waals surface area contributed by atoms with E-state index in [4.69, 9.17) is 4.74 Å². The van der Waals surface area contributed by atoms with Crippen molar-refractivity contribution in [2.45, 2.75) is 6.92 Å². The predicted molar refractivity (Wildman–Crippen MR) is 50.6 cm³/mol. The third-order valence-corrected chi connectivity index (χ3v) is 2.08. The fraction of sp³-hybridized carbons (Fsp3) is 0.182. The second-order valence-electron chi connectivity index (χ2n) is 2.98. The molecule has 0 atom stereocenters. The van der Waals surface area contributed by atoms with E-state index in [1.165, 1.54) is 0 Å². The van der Waals surface area contributed by atoms with Crippen molar-refractivity contribution in [3.63, 3.8) is 0 Å². The van der Waals surface area contributed by atoms with Gasteiger partial charge in [-0.1, -0.05) is 18.2 Å². The minimum absolute atomic E-state index is 0.0933. The van der Waals surface area contributed by atoms with Crippen molar-refractivity contribution >= 4 is 11.4 Å². The third-order valence-electron chi connectivity index (χ3n) is 2.08. The van der Waals surface area contributed by atoms with Crippen LogP contribution >= 0.6 is 0 Å². The van der Waals surface area contributed by atoms with E-state index in [2.05, 4.69) is 0 Å². The van der Waals surface area contributed by atoms with Crippen LogP contribution in [0.1, 0.15) is 12.5 Å². The lowest BCUT2D eigenvalue weighted by atomic mass is 10.00. The maximum Gasteiger partial charge on any atom is 0.160 e. The zero-order valence-corrected chi connectivity index (χ0v) is 7.41. The number of para-hydroxylation sites is 1. The molecule has 0 saturated heterocycles. The molecule has 66 valence electrons. The number of rotatable bonds is 1. The molecule has 0 spiro atoms. The zero-order chi connectivity index (χ0) is 9.26. The fourth-order valence-corrected chi connectivity index (χ4v) is 1.47. The van der Waals surface area contributed by atoms with Crippen LogP contribution in [0.3, 0.4) is 0 Å². The standard InChI is InChI=1S/C11H10O2/c1-8(12)9-6-7-13-11-5-3-2-4-10(9)11/h2-6H,7H2,1H3. The molecule has 0 aromatic heterocycles. The van der Waals surface area contributed by atoms with E-state index in [1.54, 1.807) is 6.92 Å². The molecule has 2 nitrogen and oxygen atoms in total. The Morgan fingerprint density at radius 2 is 2.15 bits per heavy atom. The summed E-state index contributed by atoms with van der Waals surface area (Å²) >= 11 is 0. The topological polar surface area (TPSA) is 26.3 Å². The highest BCUT2D eigenvalue weighted by atomic mass is 16.5. The van der Waals surface area contributed by atoms with Gasteiger partial charge < -0.3 is 4.74 Å². The molecule has 0 unspecified atom stereocenters. The number of hydrogen-bond acceptors (Lipinski definition) is 2. The Kier molecular flexibility index (Phi) is 1.89. The number of carbonyl (C=O) groups excluding carboxylic acids is 1. The molecule has 2 rings (SSSR count). The van der Waals surface area contributed by atoms with Gasteiger partial charge in [0, 0.05) is 11.1 Å². The van der Waals surface area contributed by atoms with Gasteiger partial charge in [-0.25, -0.2) is 0 Å². The first-order chi connectivity index (χ1) is 6.29. The highest BCUT2D eigenvalue weighted by Crippen LogP contribution is 2.29. The minimum Gasteiger partial charge on any atom is -0.489 e. The van der Waals surface area contributed by atoms with Crippen molar-refractivity contribution in [1.82, 2.24) is 0 Å². The van der Waals surface area contributed by atoms with E-state index in [0.29, 0.717) is 6.61 Å². The summed E-state index contributed by atoms with van der Waals surface area (Å²) < 4.78 is 5.38. The molecule has 0 N–H and O–H groups in total. The molecule has 1 heterocycles. The molecular formula is C11H10O2. The van der Waals surface area contributed by atoms with Crippen LogP contribution in [0, 0.1) is 0 Å². The van der Waals surface area contributed by atoms with Gasteiger partial charge >= 0.3 is 0 Å². The first-order valence-electron chi connectivity index (χ1n) is 4.22. The molecule has 0 bridgehead atoms. The summed E-state index contributed by atoms with van der Waals surface area (Å²) in [7, 11) is 0. The quantitative estimate of drug-likeness (QED) is 0.651. The maximum absolute atomic E-state index is 11.2. The van der Waals surface area contributed by atoms with Crippen molar-refractivity contribution in [1.29, 1.82) is 0 Å². The lowest BCUT2D eigenvalue weighted by Gasteiger charge is -2.16. The minimum atomic E-state index is 0.0933. The molecular weight excluding hydrogens is 164 g/mol. The van der Waals surface area contributed by atoms with Gasteiger partial charge in [0.1, 0.15) is 12.4 Å². The SMILES string of the molecule is CC(=O)C1=CCOc2ccccc21. The van der Waals surface area contributed by atoms with Crippen molar-refractivity contribution in [2.75, 3.05) is 6.61 Å². The average molecular weight is 174 g/mol. The first kappa shape index (κ1) is 8.05. The molecule has 2 heteroatoms. The average Bonchev–Trinajstić information content (AvgIpc) is 2.17. The molecule has 0 fully saturated rings. The Bertz CT molecular complexity index is 377. The van der Waals surface area contributed by atoms with E-state index in [1.807, 2.05) is 30.3 Å². The van der Waals surface area contributed by atoms with Crippen LogP contribution in [0.4, 0.5) is 0 Å². The highest BCUT2D eigenvalue weighted by molar-refractivity contribution is 6.20. The third kappa shape index (κ3) is 1.35. The van der Waals surface area contributed by atoms with Crippen LogP contribution in [0.5, 0.6) is 5.75 Å². The van der Waals surface area contributed by atoms with Gasteiger partial charge in [0.25, 0.3) is 0 Å². The van der Waals surface area contributed by atoms with Crippen LogP contribution in [0.15, 0.2) is 30.3 Å².